The summed E-state index contributed by atoms with van der Waals surface area (Å²) in [7, 11) is 0. The van der Waals surface area contributed by atoms with Crippen molar-refractivity contribution in [2.45, 2.75) is 0 Å². The van der Waals surface area contributed by atoms with Gasteiger partial charge >= 0.3 is 5.97 Å². The quantitative estimate of drug-likeness (QED) is 0.534. The van der Waals surface area contributed by atoms with Crippen LogP contribution in [0.1, 0.15) is 10.4 Å². The number of rotatable bonds is 3. The van der Waals surface area contributed by atoms with E-state index < -0.39 is 5.97 Å². The third-order valence-electron chi connectivity index (χ3n) is 4.05. The van der Waals surface area contributed by atoms with Gasteiger partial charge in [-0.1, -0.05) is 58.7 Å². The highest BCUT2D eigenvalue weighted by Gasteiger charge is 2.13. The molecule has 3 aromatic carbocycles. The van der Waals surface area contributed by atoms with Crippen LogP contribution in [0.15, 0.2) is 60.8 Å². The summed E-state index contributed by atoms with van der Waals surface area (Å²) in [6.45, 7) is 0. The molecule has 1 heterocycles. The molecule has 0 bridgehead atoms. The maximum atomic E-state index is 11.6. The molecular formula is C19H11Cl2N3O2. The lowest BCUT2D eigenvalue weighted by Gasteiger charge is -2.07. The van der Waals surface area contributed by atoms with E-state index >= 15 is 0 Å². The predicted octanol–water partition coefficient (Wildman–Crippen LogP) is 5.09. The van der Waals surface area contributed by atoms with Crippen molar-refractivity contribution in [3.05, 3.63) is 76.4 Å². The van der Waals surface area contributed by atoms with E-state index in [1.54, 1.807) is 36.5 Å². The van der Waals surface area contributed by atoms with Crippen LogP contribution < -0.4 is 0 Å². The summed E-state index contributed by atoms with van der Waals surface area (Å²) < 4.78 is 1.54. The summed E-state index contributed by atoms with van der Waals surface area (Å²) >= 11 is 12.0. The molecule has 0 atom stereocenters. The molecule has 0 spiro atoms. The number of halogens is 2. The molecule has 0 aliphatic heterocycles. The topological polar surface area (TPSA) is 68.0 Å². The molecule has 1 N–H and O–H groups in total. The van der Waals surface area contributed by atoms with E-state index in [1.165, 1.54) is 4.68 Å². The maximum Gasteiger partial charge on any atom is 0.336 e. The molecule has 0 fully saturated rings. The van der Waals surface area contributed by atoms with Gasteiger partial charge in [0.25, 0.3) is 0 Å². The Morgan fingerprint density at radius 2 is 1.81 bits per heavy atom. The molecule has 0 amide bonds. The van der Waals surface area contributed by atoms with Gasteiger partial charge < -0.3 is 5.11 Å². The minimum Gasteiger partial charge on any atom is -0.478 e. The predicted molar refractivity (Wildman–Crippen MR) is 101 cm³/mol. The second-order valence-electron chi connectivity index (χ2n) is 5.70. The Balaban J connectivity index is 1.82. The van der Waals surface area contributed by atoms with Crippen LogP contribution >= 0.6 is 23.2 Å². The molecule has 4 aromatic rings. The van der Waals surface area contributed by atoms with Crippen molar-refractivity contribution < 1.29 is 9.90 Å². The number of aromatic carboxylic acids is 1. The fourth-order valence-electron chi connectivity index (χ4n) is 2.78. The monoisotopic (exact) mass is 383 g/mol. The third-order valence-corrected chi connectivity index (χ3v) is 4.79. The van der Waals surface area contributed by atoms with Gasteiger partial charge in [0, 0.05) is 5.56 Å². The minimum atomic E-state index is -0.993. The van der Waals surface area contributed by atoms with Crippen LogP contribution in [0.2, 0.25) is 10.0 Å². The standard InChI is InChI=1S/C19H11Cl2N3O2/c20-16-6-5-12(8-17(16)21)18-10-24(23-22-18)13-7-11-3-1-2-4-14(11)15(9-13)19(25)26/h1-10H,(H,25,26). The summed E-state index contributed by atoms with van der Waals surface area (Å²) in [5, 5.41) is 20.2. The van der Waals surface area contributed by atoms with E-state index in [2.05, 4.69) is 10.3 Å². The van der Waals surface area contributed by atoms with Gasteiger partial charge in [-0.25, -0.2) is 9.48 Å². The van der Waals surface area contributed by atoms with Crippen LogP contribution in [-0.4, -0.2) is 26.1 Å². The van der Waals surface area contributed by atoms with Crippen LogP contribution in [0, 0.1) is 0 Å². The Kier molecular flexibility index (Phi) is 4.11. The highest BCUT2D eigenvalue weighted by Crippen LogP contribution is 2.28. The van der Waals surface area contributed by atoms with Crippen LogP contribution in [0.5, 0.6) is 0 Å². The number of hydrogen-bond donors (Lipinski definition) is 1. The number of aromatic nitrogens is 3. The van der Waals surface area contributed by atoms with Gasteiger partial charge in [0.05, 0.1) is 27.5 Å². The van der Waals surface area contributed by atoms with E-state index in [-0.39, 0.29) is 5.56 Å². The van der Waals surface area contributed by atoms with Crippen molar-refractivity contribution >= 4 is 39.9 Å². The first kappa shape index (κ1) is 16.6. The summed E-state index contributed by atoms with van der Waals surface area (Å²) in [5.41, 5.74) is 2.20. The summed E-state index contributed by atoms with van der Waals surface area (Å²) in [6.07, 6.45) is 1.72. The first-order chi connectivity index (χ1) is 12.5. The molecule has 7 heteroatoms. The Bertz CT molecular complexity index is 1150. The van der Waals surface area contributed by atoms with Crippen LogP contribution in [-0.2, 0) is 0 Å². The Morgan fingerprint density at radius 3 is 2.58 bits per heavy atom. The Hall–Kier alpha value is -2.89. The summed E-state index contributed by atoms with van der Waals surface area (Å²) in [4.78, 5) is 11.6. The number of fused-ring (bicyclic) bond motifs is 1. The zero-order chi connectivity index (χ0) is 18.3. The molecule has 4 rings (SSSR count). The van der Waals surface area contributed by atoms with Gasteiger partial charge in [0.2, 0.25) is 0 Å². The molecule has 0 aliphatic carbocycles. The lowest BCUT2D eigenvalue weighted by Crippen LogP contribution is -2.02. The Morgan fingerprint density at radius 1 is 1.00 bits per heavy atom. The van der Waals surface area contributed by atoms with Crippen LogP contribution in [0.25, 0.3) is 27.7 Å². The zero-order valence-corrected chi connectivity index (χ0v) is 14.7. The lowest BCUT2D eigenvalue weighted by atomic mass is 10.0. The number of carboxylic acid groups (broad SMARTS) is 1. The van der Waals surface area contributed by atoms with Crippen molar-refractivity contribution in [2.75, 3.05) is 0 Å². The highest BCUT2D eigenvalue weighted by atomic mass is 35.5. The van der Waals surface area contributed by atoms with E-state index in [4.69, 9.17) is 23.2 Å². The summed E-state index contributed by atoms with van der Waals surface area (Å²) in [5.74, 6) is -0.993. The van der Waals surface area contributed by atoms with Crippen LogP contribution in [0.3, 0.4) is 0 Å². The molecule has 128 valence electrons. The molecule has 1 aromatic heterocycles. The van der Waals surface area contributed by atoms with Gasteiger partial charge in [-0.05, 0) is 35.0 Å². The maximum absolute atomic E-state index is 11.6. The van der Waals surface area contributed by atoms with E-state index in [9.17, 15) is 9.90 Å². The number of nitrogens with zero attached hydrogens (tertiary/aromatic N) is 3. The number of hydrogen-bond acceptors (Lipinski definition) is 3. The molecule has 0 saturated carbocycles. The molecule has 26 heavy (non-hydrogen) atoms. The van der Waals surface area contributed by atoms with E-state index in [0.717, 1.165) is 10.9 Å². The number of carbonyl (C=O) groups is 1. The lowest BCUT2D eigenvalue weighted by molar-refractivity contribution is 0.0699. The van der Waals surface area contributed by atoms with E-state index in [1.807, 2.05) is 24.3 Å². The van der Waals surface area contributed by atoms with Crippen LogP contribution in [0.4, 0.5) is 0 Å². The molecule has 0 unspecified atom stereocenters. The molecule has 0 aliphatic rings. The number of benzene rings is 3. The zero-order valence-electron chi connectivity index (χ0n) is 13.2. The van der Waals surface area contributed by atoms with Crippen molar-refractivity contribution in [3.63, 3.8) is 0 Å². The van der Waals surface area contributed by atoms with Gasteiger partial charge in [-0.15, -0.1) is 5.10 Å². The van der Waals surface area contributed by atoms with E-state index in [0.29, 0.717) is 26.8 Å². The Labute approximate surface area is 158 Å². The second kappa shape index (κ2) is 6.44. The SMILES string of the molecule is O=C(O)c1cc(-n2cc(-c3ccc(Cl)c(Cl)c3)nn2)cc2ccccc12. The average molecular weight is 384 g/mol. The molecule has 5 nitrogen and oxygen atoms in total. The van der Waals surface area contributed by atoms with Crippen molar-refractivity contribution in [1.82, 2.24) is 15.0 Å². The fraction of sp³-hybridized carbons (Fsp3) is 0. The van der Waals surface area contributed by atoms with Gasteiger partial charge in [-0.2, -0.15) is 0 Å². The van der Waals surface area contributed by atoms with Crippen molar-refractivity contribution in [1.29, 1.82) is 0 Å². The fourth-order valence-corrected chi connectivity index (χ4v) is 3.08. The van der Waals surface area contributed by atoms with Gasteiger partial charge in [-0.3, -0.25) is 0 Å². The number of carboxylic acids is 1. The first-order valence-corrected chi connectivity index (χ1v) is 8.43. The van der Waals surface area contributed by atoms with Crippen molar-refractivity contribution in [3.8, 4) is 16.9 Å². The smallest absolute Gasteiger partial charge is 0.336 e. The minimum absolute atomic E-state index is 0.213. The average Bonchev–Trinajstić information content (AvgIpc) is 3.13. The highest BCUT2D eigenvalue weighted by molar-refractivity contribution is 6.42. The largest absolute Gasteiger partial charge is 0.478 e. The molecular weight excluding hydrogens is 373 g/mol. The second-order valence-corrected chi connectivity index (χ2v) is 6.51. The molecule has 0 radical (unpaired) electrons. The normalized spacial score (nSPS) is 11.0. The third kappa shape index (κ3) is 2.92. The van der Waals surface area contributed by atoms with Gasteiger partial charge in [0.15, 0.2) is 0 Å². The summed E-state index contributed by atoms with van der Waals surface area (Å²) in [6, 6.07) is 16.0. The molecule has 0 saturated heterocycles. The van der Waals surface area contributed by atoms with Gasteiger partial charge in [0.1, 0.15) is 5.69 Å². The van der Waals surface area contributed by atoms with Crippen molar-refractivity contribution in [2.24, 2.45) is 0 Å². The first-order valence-electron chi connectivity index (χ1n) is 7.67.